The Morgan fingerprint density at radius 2 is 1.85 bits per heavy atom. The van der Waals surface area contributed by atoms with Crippen LogP contribution in [-0.2, 0) is 0 Å². The monoisotopic (exact) mass is 266 g/mol. The number of rotatable bonds is 2. The Kier molecular flexibility index (Phi) is 2.70. The second kappa shape index (κ2) is 4.56. The molecule has 2 saturated heterocycles. The van der Waals surface area contributed by atoms with Crippen molar-refractivity contribution in [1.82, 2.24) is 15.1 Å². The van der Waals surface area contributed by atoms with E-state index >= 15 is 0 Å². The van der Waals surface area contributed by atoms with Crippen LogP contribution in [0, 0.1) is 0 Å². The Hall–Kier alpha value is -1.94. The van der Waals surface area contributed by atoms with Crippen LogP contribution in [0.15, 0.2) is 42.5 Å². The Morgan fingerprint density at radius 1 is 1.00 bits per heavy atom. The van der Waals surface area contributed by atoms with Crippen LogP contribution in [-0.4, -0.2) is 47.3 Å². The fourth-order valence-corrected chi connectivity index (χ4v) is 3.32. The molecular formula is C16H18N4. The summed E-state index contributed by atoms with van der Waals surface area (Å²) in [6, 6.07) is 15.7. The van der Waals surface area contributed by atoms with Gasteiger partial charge < -0.3 is 4.90 Å². The summed E-state index contributed by atoms with van der Waals surface area (Å²) in [4.78, 5) is 4.84. The first kappa shape index (κ1) is 11.9. The van der Waals surface area contributed by atoms with Crippen molar-refractivity contribution in [1.29, 1.82) is 0 Å². The zero-order chi connectivity index (χ0) is 13.5. The van der Waals surface area contributed by atoms with Gasteiger partial charge in [0.05, 0.1) is 5.69 Å². The number of likely N-dealkylation sites (tertiary alicyclic amines) is 1. The lowest BCUT2D eigenvalue weighted by molar-refractivity contribution is 0.240. The van der Waals surface area contributed by atoms with Gasteiger partial charge in [0.25, 0.3) is 0 Å². The van der Waals surface area contributed by atoms with E-state index in [2.05, 4.69) is 51.3 Å². The fourth-order valence-electron chi connectivity index (χ4n) is 3.32. The van der Waals surface area contributed by atoms with Crippen LogP contribution in [0.4, 0.5) is 5.82 Å². The number of nitrogens with zero attached hydrogens (tertiary/aromatic N) is 4. The molecule has 1 aromatic heterocycles. The van der Waals surface area contributed by atoms with Gasteiger partial charge in [-0.05, 0) is 25.6 Å². The van der Waals surface area contributed by atoms with E-state index in [0.717, 1.165) is 23.6 Å². The molecule has 0 radical (unpaired) electrons. The van der Waals surface area contributed by atoms with Gasteiger partial charge in [0, 0.05) is 30.7 Å². The summed E-state index contributed by atoms with van der Waals surface area (Å²) in [5.41, 5.74) is 2.06. The Balaban J connectivity index is 1.54. The maximum atomic E-state index is 4.42. The standard InChI is InChI=1S/C16H18N4/c1-19-10-9-14-15(19)11-20(14)16-8-7-13(17-18-16)12-5-3-2-4-6-12/h2-8,14-15H,9-11H2,1H3/t14-,15-/m1/s1. The van der Waals surface area contributed by atoms with E-state index in [0.29, 0.717) is 12.1 Å². The van der Waals surface area contributed by atoms with Crippen LogP contribution in [0.2, 0.25) is 0 Å². The fraction of sp³-hybridized carbons (Fsp3) is 0.375. The van der Waals surface area contributed by atoms with Crippen molar-refractivity contribution in [2.75, 3.05) is 25.0 Å². The molecule has 4 rings (SSSR count). The summed E-state index contributed by atoms with van der Waals surface area (Å²) in [5.74, 6) is 1.02. The smallest absolute Gasteiger partial charge is 0.151 e. The third-order valence-corrected chi connectivity index (χ3v) is 4.59. The topological polar surface area (TPSA) is 32.3 Å². The van der Waals surface area contributed by atoms with Gasteiger partial charge in [-0.2, -0.15) is 0 Å². The average molecular weight is 266 g/mol. The summed E-state index contributed by atoms with van der Waals surface area (Å²) in [6.07, 6.45) is 1.24. The summed E-state index contributed by atoms with van der Waals surface area (Å²) < 4.78 is 0. The van der Waals surface area contributed by atoms with Crippen molar-refractivity contribution in [3.05, 3.63) is 42.5 Å². The normalized spacial score (nSPS) is 25.4. The van der Waals surface area contributed by atoms with Gasteiger partial charge in [-0.3, -0.25) is 4.90 Å². The van der Waals surface area contributed by atoms with Crippen LogP contribution in [0.1, 0.15) is 6.42 Å². The van der Waals surface area contributed by atoms with Crippen LogP contribution < -0.4 is 4.90 Å². The molecule has 2 aliphatic rings. The quantitative estimate of drug-likeness (QED) is 0.832. The number of hydrogen-bond donors (Lipinski definition) is 0. The van der Waals surface area contributed by atoms with Crippen LogP contribution >= 0.6 is 0 Å². The molecule has 102 valence electrons. The molecular weight excluding hydrogens is 248 g/mol. The third-order valence-electron chi connectivity index (χ3n) is 4.59. The highest BCUT2D eigenvalue weighted by atomic mass is 15.4. The first-order valence-corrected chi connectivity index (χ1v) is 7.19. The predicted molar refractivity (Wildman–Crippen MR) is 79.6 cm³/mol. The van der Waals surface area contributed by atoms with Gasteiger partial charge in [0.2, 0.25) is 0 Å². The van der Waals surface area contributed by atoms with Gasteiger partial charge in [-0.25, -0.2) is 0 Å². The van der Waals surface area contributed by atoms with E-state index in [-0.39, 0.29) is 0 Å². The highest BCUT2D eigenvalue weighted by Crippen LogP contribution is 2.34. The van der Waals surface area contributed by atoms with E-state index in [9.17, 15) is 0 Å². The summed E-state index contributed by atoms with van der Waals surface area (Å²) in [7, 11) is 2.21. The first-order valence-electron chi connectivity index (χ1n) is 7.19. The van der Waals surface area contributed by atoms with Gasteiger partial charge >= 0.3 is 0 Å². The van der Waals surface area contributed by atoms with Crippen molar-refractivity contribution < 1.29 is 0 Å². The van der Waals surface area contributed by atoms with Crippen LogP contribution in [0.5, 0.6) is 0 Å². The van der Waals surface area contributed by atoms with Crippen molar-refractivity contribution in [3.8, 4) is 11.3 Å². The van der Waals surface area contributed by atoms with Gasteiger partial charge in [-0.1, -0.05) is 30.3 Å². The number of anilines is 1. The molecule has 0 unspecified atom stereocenters. The van der Waals surface area contributed by atoms with E-state index in [1.165, 1.54) is 13.0 Å². The largest absolute Gasteiger partial charge is 0.349 e. The molecule has 0 amide bonds. The van der Waals surface area contributed by atoms with E-state index in [4.69, 9.17) is 0 Å². The first-order chi connectivity index (χ1) is 9.83. The van der Waals surface area contributed by atoms with Crippen molar-refractivity contribution in [2.24, 2.45) is 0 Å². The second-order valence-electron chi connectivity index (χ2n) is 5.70. The molecule has 0 saturated carbocycles. The lowest BCUT2D eigenvalue weighted by Crippen LogP contribution is -2.61. The van der Waals surface area contributed by atoms with Crippen LogP contribution in [0.3, 0.4) is 0 Å². The molecule has 4 nitrogen and oxygen atoms in total. The molecule has 0 N–H and O–H groups in total. The van der Waals surface area contributed by atoms with E-state index in [1.807, 2.05) is 18.2 Å². The zero-order valence-electron chi connectivity index (χ0n) is 11.6. The Morgan fingerprint density at radius 3 is 2.55 bits per heavy atom. The molecule has 2 atom stereocenters. The minimum Gasteiger partial charge on any atom is -0.349 e. The molecule has 2 aromatic rings. The Labute approximate surface area is 119 Å². The zero-order valence-corrected chi connectivity index (χ0v) is 11.6. The van der Waals surface area contributed by atoms with Gasteiger partial charge in [0.1, 0.15) is 0 Å². The molecule has 0 bridgehead atoms. The van der Waals surface area contributed by atoms with Gasteiger partial charge in [-0.15, -0.1) is 10.2 Å². The number of benzene rings is 1. The number of aromatic nitrogens is 2. The molecule has 2 aliphatic heterocycles. The third kappa shape index (κ3) is 1.79. The Bertz CT molecular complexity index is 596. The number of fused-ring (bicyclic) bond motifs is 1. The minimum absolute atomic E-state index is 0.636. The second-order valence-corrected chi connectivity index (χ2v) is 5.70. The van der Waals surface area contributed by atoms with E-state index in [1.54, 1.807) is 0 Å². The van der Waals surface area contributed by atoms with E-state index < -0.39 is 0 Å². The molecule has 0 aliphatic carbocycles. The predicted octanol–water partition coefficient (Wildman–Crippen LogP) is 2.04. The highest BCUT2D eigenvalue weighted by molar-refractivity contribution is 5.60. The average Bonchev–Trinajstić information content (AvgIpc) is 2.75. The molecule has 1 aromatic carbocycles. The maximum Gasteiger partial charge on any atom is 0.151 e. The van der Waals surface area contributed by atoms with Crippen LogP contribution in [0.25, 0.3) is 11.3 Å². The summed E-state index contributed by atoms with van der Waals surface area (Å²) >= 11 is 0. The summed E-state index contributed by atoms with van der Waals surface area (Å²) in [6.45, 7) is 2.28. The minimum atomic E-state index is 0.636. The molecule has 20 heavy (non-hydrogen) atoms. The molecule has 0 spiro atoms. The SMILES string of the molecule is CN1CC[C@@H]2[C@H]1CN2c1ccc(-c2ccccc2)nn1. The number of hydrogen-bond acceptors (Lipinski definition) is 4. The highest BCUT2D eigenvalue weighted by Gasteiger charge is 2.45. The van der Waals surface area contributed by atoms with Crippen molar-refractivity contribution in [3.63, 3.8) is 0 Å². The lowest BCUT2D eigenvalue weighted by atomic mass is 9.97. The molecule has 2 fully saturated rings. The summed E-state index contributed by atoms with van der Waals surface area (Å²) in [5, 5.41) is 8.80. The van der Waals surface area contributed by atoms with Crippen molar-refractivity contribution in [2.45, 2.75) is 18.5 Å². The maximum absolute atomic E-state index is 4.42. The lowest BCUT2D eigenvalue weighted by Gasteiger charge is -2.46. The van der Waals surface area contributed by atoms with Gasteiger partial charge in [0.15, 0.2) is 5.82 Å². The number of likely N-dealkylation sites (N-methyl/N-ethyl adjacent to an activating group) is 1. The molecule has 4 heteroatoms. The molecule has 3 heterocycles. The van der Waals surface area contributed by atoms with Crippen molar-refractivity contribution >= 4 is 5.82 Å².